The van der Waals surface area contributed by atoms with Crippen molar-refractivity contribution >= 4 is 5.91 Å². The van der Waals surface area contributed by atoms with Crippen LogP contribution in [0.4, 0.5) is 0 Å². The number of hydrogen-bond donors (Lipinski definition) is 0. The van der Waals surface area contributed by atoms with Crippen LogP contribution in [0.15, 0.2) is 16.9 Å². The van der Waals surface area contributed by atoms with Crippen molar-refractivity contribution in [1.29, 1.82) is 0 Å². The number of amides is 1. The van der Waals surface area contributed by atoms with Gasteiger partial charge < -0.3 is 9.64 Å². The van der Waals surface area contributed by atoms with E-state index in [0.29, 0.717) is 24.9 Å². The summed E-state index contributed by atoms with van der Waals surface area (Å²) in [6.45, 7) is 4.32. The maximum Gasteiger partial charge on any atom is 0.274 e. The number of piperazine rings is 1. The van der Waals surface area contributed by atoms with E-state index < -0.39 is 0 Å². The Balaban J connectivity index is 1.71. The first kappa shape index (κ1) is 16.1. The third-order valence-corrected chi connectivity index (χ3v) is 4.72. The van der Waals surface area contributed by atoms with E-state index in [2.05, 4.69) is 10.00 Å². The van der Waals surface area contributed by atoms with E-state index in [1.165, 1.54) is 29.7 Å². The third-order valence-electron chi connectivity index (χ3n) is 4.72. The van der Waals surface area contributed by atoms with Crippen LogP contribution in [-0.4, -0.2) is 71.4 Å². The summed E-state index contributed by atoms with van der Waals surface area (Å²) >= 11 is 0. The van der Waals surface area contributed by atoms with Crippen LogP contribution >= 0.6 is 0 Å². The molecular weight excluding hydrogens is 296 g/mol. The minimum Gasteiger partial charge on any atom is -0.383 e. The Kier molecular flexibility index (Phi) is 5.07. The van der Waals surface area contributed by atoms with E-state index in [-0.39, 0.29) is 11.5 Å². The molecule has 2 aliphatic rings. The second-order valence-electron chi connectivity index (χ2n) is 6.21. The molecule has 23 heavy (non-hydrogen) atoms. The van der Waals surface area contributed by atoms with Crippen molar-refractivity contribution in [2.75, 3.05) is 39.9 Å². The molecule has 0 spiro atoms. The van der Waals surface area contributed by atoms with Gasteiger partial charge in [0.15, 0.2) is 0 Å². The molecule has 1 aromatic rings. The topological polar surface area (TPSA) is 67.7 Å². The Bertz CT molecular complexity index is 616. The van der Waals surface area contributed by atoms with Gasteiger partial charge in [-0.1, -0.05) is 6.42 Å². The van der Waals surface area contributed by atoms with Crippen LogP contribution in [0.1, 0.15) is 29.8 Å². The number of fused-ring (bicyclic) bond motifs is 1. The van der Waals surface area contributed by atoms with E-state index >= 15 is 0 Å². The summed E-state index contributed by atoms with van der Waals surface area (Å²) in [5.74, 6) is -0.0820. The number of rotatable bonds is 4. The Labute approximate surface area is 135 Å². The molecule has 0 unspecified atom stereocenters. The average Bonchev–Trinajstić information content (AvgIpc) is 2.60. The first-order valence-electron chi connectivity index (χ1n) is 8.29. The quantitative estimate of drug-likeness (QED) is 0.793. The van der Waals surface area contributed by atoms with Crippen molar-refractivity contribution in [2.45, 2.75) is 31.8 Å². The summed E-state index contributed by atoms with van der Waals surface area (Å²) in [7, 11) is 1.57. The van der Waals surface area contributed by atoms with Gasteiger partial charge in [0.05, 0.1) is 13.2 Å². The molecule has 1 amide bonds. The van der Waals surface area contributed by atoms with Crippen LogP contribution < -0.4 is 5.56 Å². The first-order chi connectivity index (χ1) is 11.2. The number of piperidine rings is 1. The molecule has 0 aromatic carbocycles. The summed E-state index contributed by atoms with van der Waals surface area (Å²) in [5, 5.41) is 4.21. The van der Waals surface area contributed by atoms with Gasteiger partial charge in [0.25, 0.3) is 11.5 Å². The zero-order valence-corrected chi connectivity index (χ0v) is 13.6. The van der Waals surface area contributed by atoms with Crippen LogP contribution in [0.5, 0.6) is 0 Å². The van der Waals surface area contributed by atoms with Gasteiger partial charge in [-0.3, -0.25) is 14.5 Å². The van der Waals surface area contributed by atoms with Crippen molar-refractivity contribution in [3.63, 3.8) is 0 Å². The lowest BCUT2D eigenvalue weighted by molar-refractivity contribution is 0.0366. The minimum atomic E-state index is -0.212. The fraction of sp³-hybridized carbons (Fsp3) is 0.688. The standard InChI is InChI=1S/C16H24N4O3/c1-23-11-10-20-15(21)6-5-14(17-20)16(22)19-9-8-18-7-3-2-4-13(18)12-19/h5-6,13H,2-4,7-12H2,1H3/t13-/m0/s1. The highest BCUT2D eigenvalue weighted by Crippen LogP contribution is 2.21. The van der Waals surface area contributed by atoms with Crippen LogP contribution in [0.25, 0.3) is 0 Å². The van der Waals surface area contributed by atoms with Gasteiger partial charge in [-0.05, 0) is 25.5 Å². The van der Waals surface area contributed by atoms with Crippen molar-refractivity contribution in [3.8, 4) is 0 Å². The lowest BCUT2D eigenvalue weighted by Gasteiger charge is -2.43. The molecule has 0 N–H and O–H groups in total. The third kappa shape index (κ3) is 3.61. The smallest absolute Gasteiger partial charge is 0.274 e. The van der Waals surface area contributed by atoms with Crippen molar-refractivity contribution in [2.24, 2.45) is 0 Å². The molecule has 0 bridgehead atoms. The molecule has 3 rings (SSSR count). The zero-order chi connectivity index (χ0) is 16.2. The van der Waals surface area contributed by atoms with E-state index in [4.69, 9.17) is 4.74 Å². The Morgan fingerprint density at radius 1 is 1.30 bits per heavy atom. The van der Waals surface area contributed by atoms with E-state index in [1.807, 2.05) is 4.90 Å². The SMILES string of the molecule is COCCn1nc(C(=O)N2CCN3CCCC[C@H]3C2)ccc1=O. The van der Waals surface area contributed by atoms with Gasteiger partial charge in [0.2, 0.25) is 0 Å². The molecule has 2 saturated heterocycles. The number of carbonyl (C=O) groups is 1. The van der Waals surface area contributed by atoms with Crippen LogP contribution in [0, 0.1) is 0 Å². The highest BCUT2D eigenvalue weighted by Gasteiger charge is 2.31. The molecule has 0 aliphatic carbocycles. The van der Waals surface area contributed by atoms with Crippen molar-refractivity contribution in [1.82, 2.24) is 19.6 Å². The normalized spacial score (nSPS) is 22.0. The Morgan fingerprint density at radius 3 is 3.00 bits per heavy atom. The molecule has 0 saturated carbocycles. The number of aromatic nitrogens is 2. The highest BCUT2D eigenvalue weighted by molar-refractivity contribution is 5.92. The molecule has 2 aliphatic heterocycles. The summed E-state index contributed by atoms with van der Waals surface area (Å²) in [4.78, 5) is 28.8. The van der Waals surface area contributed by atoms with E-state index in [0.717, 1.165) is 32.6 Å². The van der Waals surface area contributed by atoms with Gasteiger partial charge in [0.1, 0.15) is 5.69 Å². The summed E-state index contributed by atoms with van der Waals surface area (Å²) in [5.41, 5.74) is 0.126. The molecule has 1 aromatic heterocycles. The van der Waals surface area contributed by atoms with Gasteiger partial charge in [-0.25, -0.2) is 4.68 Å². The highest BCUT2D eigenvalue weighted by atomic mass is 16.5. The number of carbonyl (C=O) groups excluding carboxylic acids is 1. The summed E-state index contributed by atoms with van der Waals surface area (Å²) < 4.78 is 6.28. The monoisotopic (exact) mass is 320 g/mol. The molecule has 3 heterocycles. The summed E-state index contributed by atoms with van der Waals surface area (Å²) in [6.07, 6.45) is 3.66. The fourth-order valence-electron chi connectivity index (χ4n) is 3.40. The number of methoxy groups -OCH3 is 1. The molecule has 7 nitrogen and oxygen atoms in total. The molecular formula is C16H24N4O3. The number of nitrogens with zero attached hydrogens (tertiary/aromatic N) is 4. The van der Waals surface area contributed by atoms with Gasteiger partial charge in [-0.2, -0.15) is 5.10 Å². The maximum absolute atomic E-state index is 12.7. The van der Waals surface area contributed by atoms with Crippen LogP contribution in [0.2, 0.25) is 0 Å². The van der Waals surface area contributed by atoms with Crippen LogP contribution in [-0.2, 0) is 11.3 Å². The molecule has 1 atom stereocenters. The number of ether oxygens (including phenoxy) is 1. The predicted octanol–water partition coefficient (Wildman–Crippen LogP) is 0.200. The largest absolute Gasteiger partial charge is 0.383 e. The lowest BCUT2D eigenvalue weighted by atomic mass is 9.99. The molecule has 2 fully saturated rings. The van der Waals surface area contributed by atoms with Gasteiger partial charge in [0, 0.05) is 38.9 Å². The Hall–Kier alpha value is -1.73. The minimum absolute atomic E-state index is 0.0820. The summed E-state index contributed by atoms with van der Waals surface area (Å²) in [6, 6.07) is 3.41. The van der Waals surface area contributed by atoms with Gasteiger partial charge >= 0.3 is 0 Å². The molecule has 126 valence electrons. The lowest BCUT2D eigenvalue weighted by Crippen LogP contribution is -2.56. The fourth-order valence-corrected chi connectivity index (χ4v) is 3.40. The van der Waals surface area contributed by atoms with E-state index in [1.54, 1.807) is 7.11 Å². The van der Waals surface area contributed by atoms with Crippen molar-refractivity contribution in [3.05, 3.63) is 28.2 Å². The maximum atomic E-state index is 12.7. The second kappa shape index (κ2) is 7.23. The number of hydrogen-bond acceptors (Lipinski definition) is 5. The zero-order valence-electron chi connectivity index (χ0n) is 13.6. The average molecular weight is 320 g/mol. The van der Waals surface area contributed by atoms with E-state index in [9.17, 15) is 9.59 Å². The second-order valence-corrected chi connectivity index (χ2v) is 6.21. The molecule has 7 heteroatoms. The first-order valence-corrected chi connectivity index (χ1v) is 8.29. The Morgan fingerprint density at radius 2 is 2.17 bits per heavy atom. The van der Waals surface area contributed by atoms with Crippen molar-refractivity contribution < 1.29 is 9.53 Å². The molecule has 0 radical (unpaired) electrons. The van der Waals surface area contributed by atoms with Crippen LogP contribution in [0.3, 0.4) is 0 Å². The van der Waals surface area contributed by atoms with Gasteiger partial charge in [-0.15, -0.1) is 0 Å². The predicted molar refractivity (Wildman–Crippen MR) is 85.5 cm³/mol.